The zero-order valence-electron chi connectivity index (χ0n) is 12.4. The number of carbonyl (C=O) groups excluding carboxylic acids is 1. The second-order valence-corrected chi connectivity index (χ2v) is 6.70. The molecule has 2 N–H and O–H groups in total. The Bertz CT molecular complexity index is 435. The van der Waals surface area contributed by atoms with Crippen LogP contribution in [0.4, 0.5) is 5.69 Å². The molecule has 0 aliphatic heterocycles. The van der Waals surface area contributed by atoms with Crippen LogP contribution in [0.3, 0.4) is 0 Å². The molecule has 0 spiro atoms. The molecule has 4 heteroatoms. The van der Waals surface area contributed by atoms with E-state index in [-0.39, 0.29) is 10.7 Å². The Morgan fingerprint density at radius 2 is 2.00 bits per heavy atom. The van der Waals surface area contributed by atoms with Crippen molar-refractivity contribution in [2.24, 2.45) is 0 Å². The maximum absolute atomic E-state index is 12.1. The summed E-state index contributed by atoms with van der Waals surface area (Å²) in [4.78, 5) is 12.1. The third-order valence-corrected chi connectivity index (χ3v) is 5.41. The number of amides is 1. The number of anilines is 1. The third-order valence-electron chi connectivity index (χ3n) is 4.00. The van der Waals surface area contributed by atoms with Crippen molar-refractivity contribution in [2.45, 2.75) is 37.4 Å². The van der Waals surface area contributed by atoms with Crippen molar-refractivity contribution in [1.82, 2.24) is 5.32 Å². The van der Waals surface area contributed by atoms with Gasteiger partial charge in [0, 0.05) is 29.1 Å². The molecule has 0 heterocycles. The van der Waals surface area contributed by atoms with Crippen molar-refractivity contribution in [3.05, 3.63) is 29.8 Å². The first kappa shape index (κ1) is 15.2. The van der Waals surface area contributed by atoms with Gasteiger partial charge in [0.05, 0.1) is 0 Å². The largest absolute Gasteiger partial charge is 0.385 e. The summed E-state index contributed by atoms with van der Waals surface area (Å²) in [5.74, 6) is 0.0346. The molecule has 0 saturated heterocycles. The molecule has 110 valence electrons. The molecule has 0 atom stereocenters. The number of hydrogen-bond donors (Lipinski definition) is 2. The molecule has 3 nitrogen and oxygen atoms in total. The number of hydrogen-bond acceptors (Lipinski definition) is 3. The Labute approximate surface area is 125 Å². The topological polar surface area (TPSA) is 41.1 Å². The molecule has 0 unspecified atom stereocenters. The first-order chi connectivity index (χ1) is 9.69. The fourth-order valence-electron chi connectivity index (χ4n) is 2.38. The Morgan fingerprint density at radius 3 is 2.50 bits per heavy atom. The first-order valence-electron chi connectivity index (χ1n) is 7.36. The lowest BCUT2D eigenvalue weighted by Crippen LogP contribution is -2.45. The summed E-state index contributed by atoms with van der Waals surface area (Å²) in [6.45, 7) is 3.88. The highest BCUT2D eigenvalue weighted by Crippen LogP contribution is 2.42. The van der Waals surface area contributed by atoms with Gasteiger partial charge in [0.25, 0.3) is 5.91 Å². The van der Waals surface area contributed by atoms with Gasteiger partial charge in [0.2, 0.25) is 0 Å². The molecular formula is C16H24N2OS. The Balaban J connectivity index is 1.85. The summed E-state index contributed by atoms with van der Waals surface area (Å²) < 4.78 is 0.290. The summed E-state index contributed by atoms with van der Waals surface area (Å²) in [5, 5.41) is 6.38. The number of benzene rings is 1. The van der Waals surface area contributed by atoms with Gasteiger partial charge in [-0.15, -0.1) is 0 Å². The summed E-state index contributed by atoms with van der Waals surface area (Å²) in [7, 11) is 0. The highest BCUT2D eigenvalue weighted by atomic mass is 32.2. The second kappa shape index (κ2) is 7.02. The van der Waals surface area contributed by atoms with Crippen LogP contribution >= 0.6 is 11.8 Å². The number of thioether (sulfide) groups is 1. The molecule has 0 bridgehead atoms. The lowest BCUT2D eigenvalue weighted by atomic mass is 9.84. The van der Waals surface area contributed by atoms with Crippen molar-refractivity contribution in [3.8, 4) is 0 Å². The molecule has 1 amide bonds. The summed E-state index contributed by atoms with van der Waals surface area (Å²) in [6.07, 6.45) is 6.95. The molecule has 2 rings (SSSR count). The fourth-order valence-corrected chi connectivity index (χ4v) is 3.29. The summed E-state index contributed by atoms with van der Waals surface area (Å²) in [6, 6.07) is 7.72. The molecule has 1 fully saturated rings. The van der Waals surface area contributed by atoms with Crippen LogP contribution in [0.15, 0.2) is 24.3 Å². The highest BCUT2D eigenvalue weighted by molar-refractivity contribution is 8.00. The Kier molecular flexibility index (Phi) is 5.35. The molecule has 1 aliphatic carbocycles. The van der Waals surface area contributed by atoms with Crippen molar-refractivity contribution in [3.63, 3.8) is 0 Å². The minimum atomic E-state index is 0.0346. The van der Waals surface area contributed by atoms with Crippen molar-refractivity contribution in [1.29, 1.82) is 0 Å². The average Bonchev–Trinajstić information content (AvgIpc) is 2.45. The van der Waals surface area contributed by atoms with Gasteiger partial charge in [-0.05, 0) is 49.8 Å². The quantitative estimate of drug-likeness (QED) is 0.808. The van der Waals surface area contributed by atoms with Crippen LogP contribution in [-0.2, 0) is 0 Å². The van der Waals surface area contributed by atoms with Crippen LogP contribution in [0.2, 0.25) is 0 Å². The minimum Gasteiger partial charge on any atom is -0.385 e. The molecule has 0 aromatic heterocycles. The van der Waals surface area contributed by atoms with Crippen LogP contribution in [0.25, 0.3) is 0 Å². The predicted octanol–water partition coefficient (Wildman–Crippen LogP) is 3.52. The monoisotopic (exact) mass is 292 g/mol. The number of nitrogens with one attached hydrogen (secondary N) is 2. The van der Waals surface area contributed by atoms with Crippen LogP contribution in [-0.4, -0.2) is 30.0 Å². The molecule has 0 radical (unpaired) electrons. The maximum atomic E-state index is 12.1. The van der Waals surface area contributed by atoms with E-state index in [1.165, 1.54) is 19.3 Å². The molecule has 1 aromatic carbocycles. The van der Waals surface area contributed by atoms with Gasteiger partial charge >= 0.3 is 0 Å². The van der Waals surface area contributed by atoms with E-state index in [1.807, 2.05) is 36.0 Å². The Morgan fingerprint density at radius 1 is 1.30 bits per heavy atom. The smallest absolute Gasteiger partial charge is 0.251 e. The zero-order chi connectivity index (χ0) is 14.4. The van der Waals surface area contributed by atoms with Crippen molar-refractivity contribution < 1.29 is 4.79 Å². The van der Waals surface area contributed by atoms with E-state index >= 15 is 0 Å². The van der Waals surface area contributed by atoms with E-state index in [4.69, 9.17) is 0 Å². The van der Waals surface area contributed by atoms with Crippen molar-refractivity contribution in [2.75, 3.05) is 24.7 Å². The van der Waals surface area contributed by atoms with Gasteiger partial charge < -0.3 is 10.6 Å². The maximum Gasteiger partial charge on any atom is 0.251 e. The van der Waals surface area contributed by atoms with Crippen LogP contribution in [0, 0.1) is 0 Å². The van der Waals surface area contributed by atoms with Gasteiger partial charge in [-0.1, -0.05) is 13.3 Å². The first-order valence-corrected chi connectivity index (χ1v) is 8.59. The van der Waals surface area contributed by atoms with E-state index in [1.54, 1.807) is 0 Å². The lowest BCUT2D eigenvalue weighted by molar-refractivity contribution is 0.0944. The standard InChI is InChI=1S/C16H24N2OS/c1-3-11-17-14-7-5-13(6-8-14)15(19)18-12-16(20-2)9-4-10-16/h5-8,17H,3-4,9-12H2,1-2H3,(H,18,19). The normalized spacial score (nSPS) is 16.3. The van der Waals surface area contributed by atoms with E-state index in [9.17, 15) is 4.79 Å². The van der Waals surface area contributed by atoms with Crippen LogP contribution in [0.1, 0.15) is 43.0 Å². The molecule has 1 saturated carbocycles. The lowest BCUT2D eigenvalue weighted by Gasteiger charge is -2.40. The van der Waals surface area contributed by atoms with Gasteiger partial charge in [0.1, 0.15) is 0 Å². The van der Waals surface area contributed by atoms with E-state index < -0.39 is 0 Å². The molecule has 20 heavy (non-hydrogen) atoms. The van der Waals surface area contributed by atoms with Crippen molar-refractivity contribution >= 4 is 23.4 Å². The van der Waals surface area contributed by atoms with E-state index in [0.717, 1.165) is 30.8 Å². The van der Waals surface area contributed by atoms with E-state index in [2.05, 4.69) is 23.8 Å². The fraction of sp³-hybridized carbons (Fsp3) is 0.562. The highest BCUT2D eigenvalue weighted by Gasteiger charge is 2.36. The summed E-state index contributed by atoms with van der Waals surface area (Å²) in [5.41, 5.74) is 1.81. The number of carbonyl (C=O) groups is 1. The molecular weight excluding hydrogens is 268 g/mol. The minimum absolute atomic E-state index is 0.0346. The predicted molar refractivity (Wildman–Crippen MR) is 87.7 cm³/mol. The zero-order valence-corrected chi connectivity index (χ0v) is 13.2. The molecule has 1 aromatic rings. The Hall–Kier alpha value is -1.16. The SMILES string of the molecule is CCCNc1ccc(C(=O)NCC2(SC)CCC2)cc1. The van der Waals surface area contributed by atoms with E-state index in [0.29, 0.717) is 0 Å². The number of rotatable bonds is 7. The van der Waals surface area contributed by atoms with Gasteiger partial charge in [-0.3, -0.25) is 4.79 Å². The van der Waals surface area contributed by atoms with Crippen LogP contribution in [0.5, 0.6) is 0 Å². The van der Waals surface area contributed by atoms with Gasteiger partial charge in [0.15, 0.2) is 0 Å². The third kappa shape index (κ3) is 3.69. The van der Waals surface area contributed by atoms with Crippen LogP contribution < -0.4 is 10.6 Å². The second-order valence-electron chi connectivity index (χ2n) is 5.43. The molecule has 1 aliphatic rings. The van der Waals surface area contributed by atoms with Gasteiger partial charge in [-0.25, -0.2) is 0 Å². The average molecular weight is 292 g/mol. The van der Waals surface area contributed by atoms with Gasteiger partial charge in [-0.2, -0.15) is 11.8 Å². The summed E-state index contributed by atoms with van der Waals surface area (Å²) >= 11 is 1.88.